The predicted octanol–water partition coefficient (Wildman–Crippen LogP) is 6.88. The Morgan fingerprint density at radius 2 is 1.48 bits per heavy atom. The van der Waals surface area contributed by atoms with Crippen molar-refractivity contribution in [2.24, 2.45) is 35.5 Å². The van der Waals surface area contributed by atoms with Gasteiger partial charge in [-0.25, -0.2) is 4.79 Å². The van der Waals surface area contributed by atoms with Crippen molar-refractivity contribution in [3.05, 3.63) is 47.6 Å². The van der Waals surface area contributed by atoms with E-state index in [0.29, 0.717) is 83.6 Å². The molecule has 1 unspecified atom stereocenters. The van der Waals surface area contributed by atoms with Crippen molar-refractivity contribution >= 4 is 29.2 Å². The van der Waals surface area contributed by atoms with Crippen LogP contribution in [0, 0.1) is 35.5 Å². The van der Waals surface area contributed by atoms with E-state index in [1.807, 2.05) is 58.1 Å². The number of esters is 1. The fourth-order valence-electron chi connectivity index (χ4n) is 11.0. The van der Waals surface area contributed by atoms with Crippen LogP contribution in [0.25, 0.3) is 0 Å². The number of amides is 1. The Morgan fingerprint density at radius 3 is 2.19 bits per heavy atom. The molecule has 2 bridgehead atoms. The minimum absolute atomic E-state index is 0.00579. The maximum absolute atomic E-state index is 14.6. The molecule has 1 aliphatic carbocycles. The number of Topliss-reactive ketones (excluding diaryl/α,β-unsaturated/α-hetero) is 3. The number of hydrogen-bond acceptors (Lipinski definition) is 16. The lowest BCUT2D eigenvalue weighted by Crippen LogP contribution is -2.61. The van der Waals surface area contributed by atoms with Gasteiger partial charge in [-0.1, -0.05) is 71.1 Å². The molecule has 1 amide bonds. The van der Waals surface area contributed by atoms with Crippen molar-refractivity contribution < 1.29 is 76.8 Å². The van der Waals surface area contributed by atoms with Gasteiger partial charge in [0.05, 0.1) is 64.1 Å². The molecule has 0 aromatic carbocycles. The van der Waals surface area contributed by atoms with Gasteiger partial charge in [0.2, 0.25) is 5.79 Å². The van der Waals surface area contributed by atoms with Crippen molar-refractivity contribution in [2.45, 2.75) is 180 Å². The zero-order chi connectivity index (χ0) is 55.2. The molecule has 0 spiro atoms. The van der Waals surface area contributed by atoms with Gasteiger partial charge in [0, 0.05) is 65.6 Å². The first-order valence-corrected chi connectivity index (χ1v) is 27.5. The number of nitrogens with zero attached hydrogens (tertiary/aromatic N) is 1. The van der Waals surface area contributed by atoms with Gasteiger partial charge in [-0.05, 0) is 107 Å². The molecule has 3 aliphatic heterocycles. The highest BCUT2D eigenvalue weighted by Gasteiger charge is 2.53. The van der Waals surface area contributed by atoms with Crippen molar-refractivity contribution in [3.8, 4) is 0 Å². The van der Waals surface area contributed by atoms with Crippen LogP contribution in [0.2, 0.25) is 0 Å². The van der Waals surface area contributed by atoms with Crippen molar-refractivity contribution in [1.82, 2.24) is 4.90 Å². The Kier molecular flexibility index (Phi) is 27.7. The first-order valence-electron chi connectivity index (χ1n) is 27.5. The van der Waals surface area contributed by atoms with Crippen LogP contribution >= 0.6 is 0 Å². The number of cyclic esters (lactones) is 1. The van der Waals surface area contributed by atoms with Gasteiger partial charge in [-0.2, -0.15) is 0 Å². The average molecular weight is 1060 g/mol. The van der Waals surface area contributed by atoms with Gasteiger partial charge in [0.25, 0.3) is 11.7 Å². The summed E-state index contributed by atoms with van der Waals surface area (Å²) in [5, 5.41) is 23.7. The zero-order valence-corrected chi connectivity index (χ0v) is 47.0. The smallest absolute Gasteiger partial charge is 0.329 e. The zero-order valence-electron chi connectivity index (χ0n) is 47.0. The minimum Gasteiger partial charge on any atom is -0.460 e. The highest BCUT2D eigenvalue weighted by molar-refractivity contribution is 6.39. The van der Waals surface area contributed by atoms with Gasteiger partial charge in [0.1, 0.15) is 30.1 Å². The fraction of sp³-hybridized carbons (Fsp3) is 0.776. The van der Waals surface area contributed by atoms with E-state index in [1.54, 1.807) is 48.2 Å². The quantitative estimate of drug-likeness (QED) is 0.0698. The number of methoxy groups -OCH3 is 4. The molecule has 1 saturated carbocycles. The first-order chi connectivity index (χ1) is 35.8. The van der Waals surface area contributed by atoms with E-state index in [2.05, 4.69) is 0 Å². The summed E-state index contributed by atoms with van der Waals surface area (Å²) >= 11 is 0. The number of rotatable bonds is 16. The molecule has 3 fully saturated rings. The molecule has 4 aliphatic rings. The van der Waals surface area contributed by atoms with Gasteiger partial charge in [0.15, 0.2) is 5.78 Å². The number of allylic oxidation sites excluding steroid dienone is 6. The predicted molar refractivity (Wildman–Crippen MR) is 282 cm³/mol. The maximum Gasteiger partial charge on any atom is 0.329 e. The van der Waals surface area contributed by atoms with Crippen LogP contribution in [-0.2, 0) is 66.6 Å². The summed E-state index contributed by atoms with van der Waals surface area (Å²) < 4.78 is 52.5. The molecule has 426 valence electrons. The number of carbonyl (C=O) groups excluding carboxylic acids is 5. The van der Waals surface area contributed by atoms with Crippen molar-refractivity contribution in [2.75, 3.05) is 74.6 Å². The van der Waals surface area contributed by atoms with Crippen LogP contribution in [0.15, 0.2) is 47.6 Å². The summed E-state index contributed by atoms with van der Waals surface area (Å²) in [5.74, 6) is -8.06. The minimum atomic E-state index is -2.47. The second kappa shape index (κ2) is 32.4. The number of aliphatic hydroxyl groups is 2. The lowest BCUT2D eigenvalue weighted by atomic mass is 9.78. The fourth-order valence-corrected chi connectivity index (χ4v) is 11.0. The number of carbonyl (C=O) groups is 5. The molecule has 3 heterocycles. The monoisotopic (exact) mass is 1060 g/mol. The van der Waals surface area contributed by atoms with E-state index in [0.717, 1.165) is 18.4 Å². The van der Waals surface area contributed by atoms with Crippen LogP contribution in [0.3, 0.4) is 0 Å². The Balaban J connectivity index is 1.70. The maximum atomic E-state index is 14.6. The number of ketones is 3. The summed E-state index contributed by atoms with van der Waals surface area (Å²) in [6.07, 6.45) is 12.0. The molecule has 0 aromatic rings. The Morgan fingerprint density at radius 1 is 0.773 bits per heavy atom. The topological polar surface area (TPSA) is 212 Å². The van der Waals surface area contributed by atoms with E-state index in [-0.39, 0.29) is 73.9 Å². The van der Waals surface area contributed by atoms with Crippen LogP contribution in [0.4, 0.5) is 0 Å². The Hall–Kier alpha value is -3.49. The standard InChI is InChI=1S/C58H93NO16/c1-37-17-13-12-14-18-38(2)49(73-30-28-71-27-25-67-8)35-45-22-20-43(7)58(66,75-45)55(63)56(64)59-24-16-15-19-46(59)57(65)74-50(40(4)33-44-21-23-48(51(34-44)69-10)72-29-26-68-9)36-47(60)39(3)32-42(6)53(62)54(70-11)52(61)41(5)31-37/h12-14,17-18,32,37,39-41,43-46,48-51,53-54,62,66H,15-16,19-31,33-36H2,1-11H3/b14-12+,17-13+,38-18+,42-32+/t37-,39-,40-,41-,43-,44?,45+,46+,48-,49-,50+,51-,53-,54+,58-/m1/s1. The number of piperidine rings is 1. The van der Waals surface area contributed by atoms with Crippen molar-refractivity contribution in [1.29, 1.82) is 0 Å². The lowest BCUT2D eigenvalue weighted by molar-refractivity contribution is -0.266. The van der Waals surface area contributed by atoms with Gasteiger partial charge >= 0.3 is 5.97 Å². The van der Waals surface area contributed by atoms with E-state index in [9.17, 15) is 34.2 Å². The Bertz CT molecular complexity index is 1930. The van der Waals surface area contributed by atoms with E-state index >= 15 is 0 Å². The molecule has 15 atom stereocenters. The number of hydrogen-bond donors (Lipinski definition) is 2. The van der Waals surface area contributed by atoms with Crippen LogP contribution in [0.1, 0.15) is 126 Å². The Labute approximate surface area is 447 Å². The summed E-state index contributed by atoms with van der Waals surface area (Å²) in [6.45, 7) is 15.1. The van der Waals surface area contributed by atoms with Crippen molar-refractivity contribution in [3.63, 3.8) is 0 Å². The molecule has 17 nitrogen and oxygen atoms in total. The summed E-state index contributed by atoms with van der Waals surface area (Å²) in [7, 11) is 6.27. The number of aliphatic hydroxyl groups excluding tert-OH is 1. The average Bonchev–Trinajstić information content (AvgIpc) is 3.39. The molecular weight excluding hydrogens is 967 g/mol. The second-order valence-electron chi connectivity index (χ2n) is 21.7. The van der Waals surface area contributed by atoms with Crippen LogP contribution < -0.4 is 0 Å². The lowest BCUT2D eigenvalue weighted by Gasteiger charge is -2.43. The summed E-state index contributed by atoms with van der Waals surface area (Å²) in [4.78, 5) is 72.9. The van der Waals surface area contributed by atoms with Crippen LogP contribution in [0.5, 0.6) is 0 Å². The normalized spacial score (nSPS) is 36.6. The highest BCUT2D eigenvalue weighted by atomic mass is 16.6. The molecule has 4 rings (SSSR count). The van der Waals surface area contributed by atoms with Gasteiger partial charge in [-0.3, -0.25) is 19.2 Å². The van der Waals surface area contributed by atoms with E-state index in [1.165, 1.54) is 12.0 Å². The number of fused-ring (bicyclic) bond motifs is 3. The third-order valence-corrected chi connectivity index (χ3v) is 15.8. The molecule has 2 N–H and O–H groups in total. The molecule has 0 radical (unpaired) electrons. The summed E-state index contributed by atoms with van der Waals surface area (Å²) in [5.41, 5.74) is 1.24. The highest BCUT2D eigenvalue weighted by Crippen LogP contribution is 2.38. The van der Waals surface area contributed by atoms with Gasteiger partial charge < -0.3 is 57.7 Å². The SMILES string of the molecule is COCCOCCO[C@@H]1C[C@@H]2CC[C@@H](C)[C@@](O)(O2)C(=O)C(=O)N2CCCC[C@H]2C(=O)O[C@H]([C@H](C)CC2CC[C@@H](OCCOC)[C@H](OC)C2)CC(=O)[C@H](C)/C=C(\C)[C@@H](O)[C@@H](OC)C(=O)[C@H](C)C[C@H](C)/C=C/C=C/C=C/1C. The molecule has 17 heteroatoms. The van der Waals surface area contributed by atoms with E-state index < -0.39 is 77.8 Å². The molecule has 75 heavy (non-hydrogen) atoms. The second-order valence-corrected chi connectivity index (χ2v) is 21.7. The van der Waals surface area contributed by atoms with Crippen LogP contribution in [-0.4, -0.2) is 174 Å². The third kappa shape index (κ3) is 19.1. The molecule has 0 aromatic heterocycles. The third-order valence-electron chi connectivity index (χ3n) is 15.8. The largest absolute Gasteiger partial charge is 0.460 e. The summed E-state index contributed by atoms with van der Waals surface area (Å²) in [6, 6.07) is -1.16. The first kappa shape index (κ1) is 64.0. The molecule has 2 saturated heterocycles. The molecular formula is C58H93NO16. The van der Waals surface area contributed by atoms with Gasteiger partial charge in [-0.15, -0.1) is 0 Å². The van der Waals surface area contributed by atoms with E-state index in [4.69, 9.17) is 42.6 Å². The number of ether oxygens (including phenoxy) is 9.